The number of fused-ring (bicyclic) bond motifs is 1. The fraction of sp³-hybridized carbons (Fsp3) is 0.176. The summed E-state index contributed by atoms with van der Waals surface area (Å²) in [6.07, 6.45) is 0. The van der Waals surface area contributed by atoms with E-state index in [9.17, 15) is 22.7 Å². The summed E-state index contributed by atoms with van der Waals surface area (Å²) >= 11 is 0. The minimum atomic E-state index is -1.56. The standard InChI is InChI=1S/C17H13F4NO2/c18-11-1-2-16-10(3-11)4-12(24-16)7-22-15(8-23)9-5-13(19)17(21)14(20)6-9/h1-6,15,22-23H,7-8H2. The fourth-order valence-corrected chi connectivity index (χ4v) is 2.44. The number of rotatable bonds is 5. The summed E-state index contributed by atoms with van der Waals surface area (Å²) in [6.45, 7) is -0.332. The van der Waals surface area contributed by atoms with Gasteiger partial charge in [-0.15, -0.1) is 0 Å². The molecule has 24 heavy (non-hydrogen) atoms. The van der Waals surface area contributed by atoms with Gasteiger partial charge < -0.3 is 14.8 Å². The Bertz CT molecular complexity index is 855. The Balaban J connectivity index is 1.77. The molecule has 2 aromatic carbocycles. The highest BCUT2D eigenvalue weighted by Crippen LogP contribution is 2.22. The van der Waals surface area contributed by atoms with E-state index in [-0.39, 0.29) is 12.1 Å². The maximum atomic E-state index is 13.3. The van der Waals surface area contributed by atoms with Crippen molar-refractivity contribution in [3.05, 3.63) is 71.0 Å². The Morgan fingerprint density at radius 1 is 1.00 bits per heavy atom. The Kier molecular flexibility index (Phi) is 4.55. The first-order chi connectivity index (χ1) is 11.5. The molecule has 1 atom stereocenters. The Morgan fingerprint density at radius 2 is 1.71 bits per heavy atom. The highest BCUT2D eigenvalue weighted by molar-refractivity contribution is 5.77. The molecule has 1 aromatic heterocycles. The topological polar surface area (TPSA) is 45.4 Å². The molecule has 0 amide bonds. The Hall–Kier alpha value is -2.38. The van der Waals surface area contributed by atoms with Crippen molar-refractivity contribution in [3.63, 3.8) is 0 Å². The van der Waals surface area contributed by atoms with Gasteiger partial charge in [-0.3, -0.25) is 0 Å². The van der Waals surface area contributed by atoms with E-state index in [0.29, 0.717) is 16.7 Å². The van der Waals surface area contributed by atoms with E-state index in [1.165, 1.54) is 18.2 Å². The van der Waals surface area contributed by atoms with Gasteiger partial charge in [0.15, 0.2) is 17.5 Å². The molecule has 2 N–H and O–H groups in total. The third-order valence-electron chi connectivity index (χ3n) is 3.64. The van der Waals surface area contributed by atoms with E-state index in [1.807, 2.05) is 0 Å². The number of hydrogen-bond acceptors (Lipinski definition) is 3. The number of hydrogen-bond donors (Lipinski definition) is 2. The van der Waals surface area contributed by atoms with Gasteiger partial charge in [0.05, 0.1) is 19.2 Å². The average Bonchev–Trinajstić information content (AvgIpc) is 2.95. The van der Waals surface area contributed by atoms with Crippen LogP contribution in [0.25, 0.3) is 11.0 Å². The molecule has 1 heterocycles. The van der Waals surface area contributed by atoms with Gasteiger partial charge in [-0.05, 0) is 42.0 Å². The summed E-state index contributed by atoms with van der Waals surface area (Å²) < 4.78 is 58.3. The second-order valence-electron chi connectivity index (χ2n) is 5.31. The van der Waals surface area contributed by atoms with E-state index in [1.54, 1.807) is 6.07 Å². The first-order valence-electron chi connectivity index (χ1n) is 7.14. The molecular formula is C17H13F4NO2. The third kappa shape index (κ3) is 3.27. The molecule has 3 rings (SSSR count). The quantitative estimate of drug-likeness (QED) is 0.549. The number of furan rings is 1. The number of aliphatic hydroxyl groups excluding tert-OH is 1. The first-order valence-corrected chi connectivity index (χ1v) is 7.14. The molecule has 126 valence electrons. The van der Waals surface area contributed by atoms with E-state index in [0.717, 1.165) is 12.1 Å². The molecule has 0 aliphatic heterocycles. The van der Waals surface area contributed by atoms with Gasteiger partial charge in [0, 0.05) is 5.39 Å². The van der Waals surface area contributed by atoms with Crippen LogP contribution in [0.4, 0.5) is 17.6 Å². The van der Waals surface area contributed by atoms with Crippen molar-refractivity contribution >= 4 is 11.0 Å². The van der Waals surface area contributed by atoms with Crippen LogP contribution in [0, 0.1) is 23.3 Å². The number of halogens is 4. The summed E-state index contributed by atoms with van der Waals surface area (Å²) in [5.74, 6) is -4.16. The molecule has 3 nitrogen and oxygen atoms in total. The zero-order chi connectivity index (χ0) is 17.3. The van der Waals surface area contributed by atoms with Crippen LogP contribution in [0.5, 0.6) is 0 Å². The van der Waals surface area contributed by atoms with Crippen molar-refractivity contribution in [2.24, 2.45) is 0 Å². The fourth-order valence-electron chi connectivity index (χ4n) is 2.44. The van der Waals surface area contributed by atoms with Crippen LogP contribution < -0.4 is 5.32 Å². The van der Waals surface area contributed by atoms with Crippen molar-refractivity contribution < 1.29 is 27.1 Å². The molecule has 0 aliphatic carbocycles. The molecule has 0 spiro atoms. The maximum absolute atomic E-state index is 13.3. The lowest BCUT2D eigenvalue weighted by atomic mass is 10.1. The van der Waals surface area contributed by atoms with Gasteiger partial charge in [0.1, 0.15) is 17.2 Å². The Labute approximate surface area is 134 Å². The molecule has 0 aliphatic rings. The minimum absolute atomic E-state index is 0.0658. The lowest BCUT2D eigenvalue weighted by molar-refractivity contribution is 0.240. The summed E-state index contributed by atoms with van der Waals surface area (Å²) in [4.78, 5) is 0. The zero-order valence-corrected chi connectivity index (χ0v) is 12.3. The number of aliphatic hydroxyl groups is 1. The molecule has 0 radical (unpaired) electrons. The second kappa shape index (κ2) is 6.62. The molecule has 0 bridgehead atoms. The predicted molar refractivity (Wildman–Crippen MR) is 79.2 cm³/mol. The molecule has 0 saturated heterocycles. The largest absolute Gasteiger partial charge is 0.460 e. The van der Waals surface area contributed by atoms with Crippen molar-refractivity contribution in [1.29, 1.82) is 0 Å². The lowest BCUT2D eigenvalue weighted by Gasteiger charge is -2.16. The van der Waals surface area contributed by atoms with Crippen LogP contribution in [0.3, 0.4) is 0 Å². The monoisotopic (exact) mass is 339 g/mol. The van der Waals surface area contributed by atoms with Gasteiger partial charge in [0.2, 0.25) is 0 Å². The predicted octanol–water partition coefficient (Wildman–Crippen LogP) is 3.81. The van der Waals surface area contributed by atoms with Gasteiger partial charge in [-0.2, -0.15) is 0 Å². The molecule has 1 unspecified atom stereocenters. The maximum Gasteiger partial charge on any atom is 0.194 e. The van der Waals surface area contributed by atoms with Crippen molar-refractivity contribution in [2.45, 2.75) is 12.6 Å². The molecular weight excluding hydrogens is 326 g/mol. The second-order valence-corrected chi connectivity index (χ2v) is 5.31. The van der Waals surface area contributed by atoms with E-state index in [2.05, 4.69) is 5.32 Å². The van der Waals surface area contributed by atoms with E-state index in [4.69, 9.17) is 4.42 Å². The van der Waals surface area contributed by atoms with Crippen LogP contribution in [0.2, 0.25) is 0 Å². The van der Waals surface area contributed by atoms with Gasteiger partial charge in [0.25, 0.3) is 0 Å². The van der Waals surface area contributed by atoms with Crippen LogP contribution in [-0.2, 0) is 6.54 Å². The van der Waals surface area contributed by atoms with Crippen molar-refractivity contribution in [1.82, 2.24) is 5.32 Å². The lowest BCUT2D eigenvalue weighted by Crippen LogP contribution is -2.24. The first kappa shape index (κ1) is 16.5. The SMILES string of the molecule is OCC(NCc1cc2cc(F)ccc2o1)c1cc(F)c(F)c(F)c1. The van der Waals surface area contributed by atoms with Gasteiger partial charge in [-0.25, -0.2) is 17.6 Å². The van der Waals surface area contributed by atoms with Crippen molar-refractivity contribution in [2.75, 3.05) is 6.61 Å². The van der Waals surface area contributed by atoms with Crippen molar-refractivity contribution in [3.8, 4) is 0 Å². The van der Waals surface area contributed by atoms with E-state index < -0.39 is 35.9 Å². The van der Waals surface area contributed by atoms with Crippen LogP contribution in [-0.4, -0.2) is 11.7 Å². The van der Waals surface area contributed by atoms with Gasteiger partial charge in [-0.1, -0.05) is 0 Å². The summed E-state index contributed by atoms with van der Waals surface area (Å²) in [7, 11) is 0. The third-order valence-corrected chi connectivity index (χ3v) is 3.64. The number of nitrogens with one attached hydrogen (secondary N) is 1. The van der Waals surface area contributed by atoms with Crippen LogP contribution in [0.1, 0.15) is 17.4 Å². The molecule has 0 fully saturated rings. The minimum Gasteiger partial charge on any atom is -0.460 e. The van der Waals surface area contributed by atoms with E-state index >= 15 is 0 Å². The van der Waals surface area contributed by atoms with Crippen LogP contribution in [0.15, 0.2) is 40.8 Å². The number of benzene rings is 2. The summed E-state index contributed by atoms with van der Waals surface area (Å²) in [5.41, 5.74) is 0.559. The molecule has 0 saturated carbocycles. The highest BCUT2D eigenvalue weighted by atomic mass is 19.2. The summed E-state index contributed by atoms with van der Waals surface area (Å²) in [6, 6.07) is 6.51. The zero-order valence-electron chi connectivity index (χ0n) is 12.3. The summed E-state index contributed by atoms with van der Waals surface area (Å²) in [5, 5.41) is 12.8. The smallest absolute Gasteiger partial charge is 0.194 e. The molecule has 7 heteroatoms. The molecule has 3 aromatic rings. The average molecular weight is 339 g/mol. The highest BCUT2D eigenvalue weighted by Gasteiger charge is 2.17. The van der Waals surface area contributed by atoms with Gasteiger partial charge >= 0.3 is 0 Å². The normalized spacial score (nSPS) is 12.7. The Morgan fingerprint density at radius 3 is 2.38 bits per heavy atom. The van der Waals surface area contributed by atoms with Crippen LogP contribution >= 0.6 is 0 Å².